The average Bonchev–Trinajstić information content (AvgIpc) is 2.74. The summed E-state index contributed by atoms with van der Waals surface area (Å²) < 4.78 is 23.0. The van der Waals surface area contributed by atoms with Gasteiger partial charge in [-0.2, -0.15) is 0 Å². The molecule has 2 N–H and O–H groups in total. The smallest absolute Gasteiger partial charge is 0.241 e. The minimum Gasteiger partial charge on any atom is -0.352 e. The Balaban J connectivity index is 2.17. The van der Waals surface area contributed by atoms with Crippen molar-refractivity contribution in [3.8, 4) is 0 Å². The van der Waals surface area contributed by atoms with E-state index in [1.807, 2.05) is 0 Å². The number of amides is 1. The van der Waals surface area contributed by atoms with Crippen molar-refractivity contribution in [2.24, 2.45) is 5.92 Å². The third-order valence-corrected chi connectivity index (χ3v) is 6.73. The molecule has 110 valence electrons. The van der Waals surface area contributed by atoms with Crippen LogP contribution in [0.2, 0.25) is 0 Å². The SMILES string of the molecule is CC1CCCC1NC(=O)C1(S(C)(=O)=O)CCNCC1. The fourth-order valence-corrected chi connectivity index (χ4v) is 4.60. The van der Waals surface area contributed by atoms with Crippen LogP contribution in [0.1, 0.15) is 39.0 Å². The van der Waals surface area contributed by atoms with Crippen LogP contribution in [0.5, 0.6) is 0 Å². The third-order valence-electron chi connectivity index (χ3n) is 4.71. The minimum atomic E-state index is -3.40. The summed E-state index contributed by atoms with van der Waals surface area (Å²) in [5.41, 5.74) is 0. The van der Waals surface area contributed by atoms with Crippen molar-refractivity contribution in [3.05, 3.63) is 0 Å². The van der Waals surface area contributed by atoms with E-state index in [-0.39, 0.29) is 11.9 Å². The van der Waals surface area contributed by atoms with E-state index in [1.165, 1.54) is 6.26 Å². The number of sulfone groups is 1. The van der Waals surface area contributed by atoms with Crippen molar-refractivity contribution in [3.63, 3.8) is 0 Å². The maximum Gasteiger partial charge on any atom is 0.241 e. The van der Waals surface area contributed by atoms with Crippen molar-refractivity contribution >= 4 is 15.7 Å². The molecule has 2 atom stereocenters. The highest BCUT2D eigenvalue weighted by atomic mass is 32.2. The van der Waals surface area contributed by atoms with E-state index >= 15 is 0 Å². The van der Waals surface area contributed by atoms with Gasteiger partial charge in [-0.25, -0.2) is 8.42 Å². The summed E-state index contributed by atoms with van der Waals surface area (Å²) >= 11 is 0. The van der Waals surface area contributed by atoms with Crippen LogP contribution in [0, 0.1) is 5.92 Å². The monoisotopic (exact) mass is 288 g/mol. The molecule has 0 spiro atoms. The van der Waals surface area contributed by atoms with Gasteiger partial charge in [0.05, 0.1) is 0 Å². The summed E-state index contributed by atoms with van der Waals surface area (Å²) in [6, 6.07) is 0.140. The van der Waals surface area contributed by atoms with Gasteiger partial charge in [0.15, 0.2) is 14.6 Å². The molecule has 6 heteroatoms. The van der Waals surface area contributed by atoms with Crippen LogP contribution in [0.3, 0.4) is 0 Å². The van der Waals surface area contributed by atoms with Gasteiger partial charge >= 0.3 is 0 Å². The predicted octanol–water partition coefficient (Wildman–Crippen LogP) is 0.458. The third kappa shape index (κ3) is 2.79. The molecular weight excluding hydrogens is 264 g/mol. The molecular formula is C13H24N2O3S. The minimum absolute atomic E-state index is 0.140. The summed E-state index contributed by atoms with van der Waals surface area (Å²) in [5, 5.41) is 6.12. The Kier molecular flexibility index (Phi) is 4.20. The second-order valence-electron chi connectivity index (χ2n) is 6.00. The van der Waals surface area contributed by atoms with Crippen molar-refractivity contribution in [1.82, 2.24) is 10.6 Å². The van der Waals surface area contributed by atoms with Gasteiger partial charge < -0.3 is 10.6 Å². The van der Waals surface area contributed by atoms with Gasteiger partial charge in [-0.3, -0.25) is 4.79 Å². The predicted molar refractivity (Wildman–Crippen MR) is 74.6 cm³/mol. The van der Waals surface area contributed by atoms with Crippen LogP contribution in [0.15, 0.2) is 0 Å². The van der Waals surface area contributed by atoms with Gasteiger partial charge in [0.1, 0.15) is 0 Å². The van der Waals surface area contributed by atoms with Gasteiger partial charge in [-0.15, -0.1) is 0 Å². The van der Waals surface area contributed by atoms with E-state index in [1.54, 1.807) is 0 Å². The lowest BCUT2D eigenvalue weighted by atomic mass is 9.94. The molecule has 0 aromatic carbocycles. The first-order valence-electron chi connectivity index (χ1n) is 7.08. The van der Waals surface area contributed by atoms with Crippen LogP contribution < -0.4 is 10.6 Å². The number of carbonyl (C=O) groups excluding carboxylic acids is 1. The van der Waals surface area contributed by atoms with Gasteiger partial charge in [-0.1, -0.05) is 13.3 Å². The van der Waals surface area contributed by atoms with Crippen molar-refractivity contribution in [1.29, 1.82) is 0 Å². The number of nitrogens with one attached hydrogen (secondary N) is 2. The molecule has 2 rings (SSSR count). The molecule has 1 heterocycles. The largest absolute Gasteiger partial charge is 0.352 e. The fraction of sp³-hybridized carbons (Fsp3) is 0.923. The van der Waals surface area contributed by atoms with Crippen LogP contribution in [-0.4, -0.2) is 44.5 Å². The highest BCUT2D eigenvalue weighted by Crippen LogP contribution is 2.30. The normalized spacial score (nSPS) is 31.1. The van der Waals surface area contributed by atoms with E-state index in [0.29, 0.717) is 31.8 Å². The molecule has 2 fully saturated rings. The van der Waals surface area contributed by atoms with Crippen LogP contribution >= 0.6 is 0 Å². The lowest BCUT2D eigenvalue weighted by molar-refractivity contribution is -0.125. The lowest BCUT2D eigenvalue weighted by Gasteiger charge is -2.35. The molecule has 1 saturated carbocycles. The number of hydrogen-bond acceptors (Lipinski definition) is 4. The number of rotatable bonds is 3. The standard InChI is InChI=1S/C13H24N2O3S/c1-10-4-3-5-11(10)15-12(16)13(19(2,17)18)6-8-14-9-7-13/h10-11,14H,3-9H2,1-2H3,(H,15,16). The van der Waals surface area contributed by atoms with Gasteiger partial charge in [0, 0.05) is 12.3 Å². The van der Waals surface area contributed by atoms with Gasteiger partial charge in [0.25, 0.3) is 0 Å². The molecule has 0 radical (unpaired) electrons. The zero-order valence-electron chi connectivity index (χ0n) is 11.7. The summed E-state index contributed by atoms with van der Waals surface area (Å²) in [6.45, 7) is 3.29. The zero-order chi connectivity index (χ0) is 14.1. The van der Waals surface area contributed by atoms with Crippen molar-refractivity contribution < 1.29 is 13.2 Å². The number of carbonyl (C=O) groups is 1. The molecule has 2 unspecified atom stereocenters. The van der Waals surface area contributed by atoms with E-state index in [4.69, 9.17) is 0 Å². The number of piperidine rings is 1. The molecule has 1 aliphatic carbocycles. The molecule has 0 aromatic heterocycles. The van der Waals surface area contributed by atoms with Gasteiger partial charge in [0.2, 0.25) is 5.91 Å². The first-order valence-corrected chi connectivity index (χ1v) is 8.97. The van der Waals surface area contributed by atoms with E-state index in [2.05, 4.69) is 17.6 Å². The number of hydrogen-bond donors (Lipinski definition) is 2. The van der Waals surface area contributed by atoms with Crippen molar-refractivity contribution in [2.75, 3.05) is 19.3 Å². The highest BCUT2D eigenvalue weighted by Gasteiger charge is 2.49. The maximum absolute atomic E-state index is 12.6. The van der Waals surface area contributed by atoms with Crippen LogP contribution in [0.4, 0.5) is 0 Å². The topological polar surface area (TPSA) is 75.3 Å². The molecule has 19 heavy (non-hydrogen) atoms. The van der Waals surface area contributed by atoms with Crippen molar-refractivity contribution in [2.45, 2.75) is 49.8 Å². The molecule has 1 aliphatic heterocycles. The molecule has 0 aromatic rings. The Labute approximate surface area is 115 Å². The molecule has 5 nitrogen and oxygen atoms in total. The van der Waals surface area contributed by atoms with E-state index in [9.17, 15) is 13.2 Å². The maximum atomic E-state index is 12.6. The zero-order valence-corrected chi connectivity index (χ0v) is 12.6. The van der Waals surface area contributed by atoms with Crippen LogP contribution in [-0.2, 0) is 14.6 Å². The summed E-state index contributed by atoms with van der Waals surface area (Å²) in [4.78, 5) is 12.6. The summed E-state index contributed by atoms with van der Waals surface area (Å²) in [5.74, 6) is 0.164. The second kappa shape index (κ2) is 5.40. The Morgan fingerprint density at radius 2 is 1.89 bits per heavy atom. The molecule has 0 bridgehead atoms. The second-order valence-corrected chi connectivity index (χ2v) is 8.33. The Bertz CT molecular complexity index is 441. The van der Waals surface area contributed by atoms with E-state index < -0.39 is 14.6 Å². The molecule has 2 aliphatic rings. The Morgan fingerprint density at radius 3 is 2.37 bits per heavy atom. The van der Waals surface area contributed by atoms with Crippen LogP contribution in [0.25, 0.3) is 0 Å². The Morgan fingerprint density at radius 1 is 1.26 bits per heavy atom. The summed E-state index contributed by atoms with van der Waals surface area (Å²) in [6.07, 6.45) is 5.12. The molecule has 1 amide bonds. The van der Waals surface area contributed by atoms with E-state index in [0.717, 1.165) is 19.3 Å². The quantitative estimate of drug-likeness (QED) is 0.791. The Hall–Kier alpha value is -0.620. The lowest BCUT2D eigenvalue weighted by Crippen LogP contribution is -2.59. The highest BCUT2D eigenvalue weighted by molar-refractivity contribution is 7.92. The first kappa shape index (κ1) is 14.8. The average molecular weight is 288 g/mol. The molecule has 1 saturated heterocycles. The fourth-order valence-electron chi connectivity index (χ4n) is 3.26. The van der Waals surface area contributed by atoms with Gasteiger partial charge in [-0.05, 0) is 44.7 Å². The summed E-state index contributed by atoms with van der Waals surface area (Å²) in [7, 11) is -3.40. The first-order chi connectivity index (χ1) is 8.87.